The first-order valence-electron chi connectivity index (χ1n) is 5.38. The van der Waals surface area contributed by atoms with Crippen LogP contribution in [0.1, 0.15) is 12.5 Å². The van der Waals surface area contributed by atoms with Crippen molar-refractivity contribution < 1.29 is 9.53 Å². The Labute approximate surface area is 120 Å². The number of carbonyl (C=O) groups is 1. The van der Waals surface area contributed by atoms with Crippen molar-refractivity contribution >= 4 is 34.6 Å². The lowest BCUT2D eigenvalue weighted by Gasteiger charge is -2.06. The molecule has 0 atom stereocenters. The van der Waals surface area contributed by atoms with Gasteiger partial charge in [-0.05, 0) is 53.3 Å². The molecule has 0 fully saturated rings. The third kappa shape index (κ3) is 3.74. The lowest BCUT2D eigenvalue weighted by molar-refractivity contribution is -0.116. The summed E-state index contributed by atoms with van der Waals surface area (Å²) in [7, 11) is 1.50. The number of nitrogens with one attached hydrogen (secondary N) is 1. The van der Waals surface area contributed by atoms with Gasteiger partial charge in [0.2, 0.25) is 0 Å². The molecular formula is C13H13IN2O2. The minimum atomic E-state index is -0.388. The van der Waals surface area contributed by atoms with Crippen LogP contribution in [0, 0.1) is 14.9 Å². The van der Waals surface area contributed by atoms with Crippen molar-refractivity contribution in [2.24, 2.45) is 0 Å². The maximum Gasteiger partial charge on any atom is 0.261 e. The third-order valence-electron chi connectivity index (χ3n) is 2.16. The van der Waals surface area contributed by atoms with Gasteiger partial charge in [0, 0.05) is 7.05 Å². The number of carbonyl (C=O) groups excluding carboxylic acids is 1. The Hall–Kier alpha value is -1.55. The molecule has 0 aliphatic rings. The number of hydrogen-bond acceptors (Lipinski definition) is 3. The van der Waals surface area contributed by atoms with E-state index < -0.39 is 0 Å². The summed E-state index contributed by atoms with van der Waals surface area (Å²) in [6.45, 7) is 2.52. The summed E-state index contributed by atoms with van der Waals surface area (Å²) in [6.07, 6.45) is 1.55. The molecule has 1 aromatic rings. The Morgan fingerprint density at radius 2 is 2.33 bits per heavy atom. The van der Waals surface area contributed by atoms with Crippen molar-refractivity contribution in [1.29, 1.82) is 5.26 Å². The van der Waals surface area contributed by atoms with Crippen LogP contribution in [0.5, 0.6) is 5.75 Å². The van der Waals surface area contributed by atoms with Crippen LogP contribution in [0.25, 0.3) is 6.08 Å². The predicted octanol–water partition coefficient (Wildman–Crippen LogP) is 2.34. The van der Waals surface area contributed by atoms with Crippen LogP contribution in [0.3, 0.4) is 0 Å². The Balaban J connectivity index is 3.05. The molecule has 4 nitrogen and oxygen atoms in total. The van der Waals surface area contributed by atoms with Crippen LogP contribution in [-0.2, 0) is 4.79 Å². The number of rotatable bonds is 4. The zero-order valence-corrected chi connectivity index (χ0v) is 12.3. The highest BCUT2D eigenvalue weighted by Gasteiger charge is 2.07. The standard InChI is InChI=1S/C13H13IN2O2/c1-3-18-12-5-4-9(7-11(12)14)6-10(8-15)13(17)16-2/h4-7H,3H2,1-2H3,(H,16,17)/b10-6+. The van der Waals surface area contributed by atoms with E-state index in [1.807, 2.05) is 31.2 Å². The van der Waals surface area contributed by atoms with Gasteiger partial charge in [0.15, 0.2) is 0 Å². The molecule has 0 bridgehead atoms. The number of nitrogens with zero attached hydrogens (tertiary/aromatic N) is 1. The van der Waals surface area contributed by atoms with Crippen molar-refractivity contribution in [3.05, 3.63) is 32.9 Å². The van der Waals surface area contributed by atoms with E-state index in [4.69, 9.17) is 10.00 Å². The lowest BCUT2D eigenvalue weighted by Crippen LogP contribution is -2.19. The van der Waals surface area contributed by atoms with Gasteiger partial charge in [0.1, 0.15) is 17.4 Å². The summed E-state index contributed by atoms with van der Waals surface area (Å²) in [5, 5.41) is 11.3. The molecule has 1 aromatic carbocycles. The summed E-state index contributed by atoms with van der Waals surface area (Å²) in [5.41, 5.74) is 0.875. The number of halogens is 1. The molecule has 0 radical (unpaired) electrons. The fraction of sp³-hybridized carbons (Fsp3) is 0.231. The highest BCUT2D eigenvalue weighted by atomic mass is 127. The van der Waals surface area contributed by atoms with Gasteiger partial charge in [-0.15, -0.1) is 0 Å². The van der Waals surface area contributed by atoms with Crippen LogP contribution in [0.4, 0.5) is 0 Å². The summed E-state index contributed by atoms with van der Waals surface area (Å²) >= 11 is 2.16. The Kier molecular flexibility index (Phi) is 5.65. The minimum Gasteiger partial charge on any atom is -0.493 e. The van der Waals surface area contributed by atoms with Gasteiger partial charge >= 0.3 is 0 Å². The quantitative estimate of drug-likeness (QED) is 0.512. The van der Waals surface area contributed by atoms with Crippen LogP contribution >= 0.6 is 22.6 Å². The maximum atomic E-state index is 11.4. The zero-order chi connectivity index (χ0) is 13.5. The highest BCUT2D eigenvalue weighted by molar-refractivity contribution is 14.1. The van der Waals surface area contributed by atoms with Crippen molar-refractivity contribution in [1.82, 2.24) is 5.32 Å². The Morgan fingerprint density at radius 1 is 1.61 bits per heavy atom. The van der Waals surface area contributed by atoms with Gasteiger partial charge in [-0.2, -0.15) is 5.26 Å². The van der Waals surface area contributed by atoms with E-state index in [0.29, 0.717) is 6.61 Å². The third-order valence-corrected chi connectivity index (χ3v) is 3.00. The highest BCUT2D eigenvalue weighted by Crippen LogP contribution is 2.23. The van der Waals surface area contributed by atoms with E-state index >= 15 is 0 Å². The SMILES string of the molecule is CCOc1ccc(/C=C(\C#N)C(=O)NC)cc1I. The van der Waals surface area contributed by atoms with Crippen LogP contribution in [0.2, 0.25) is 0 Å². The molecule has 1 N–H and O–H groups in total. The number of nitriles is 1. The average Bonchev–Trinajstić information content (AvgIpc) is 2.38. The monoisotopic (exact) mass is 356 g/mol. The molecule has 18 heavy (non-hydrogen) atoms. The molecule has 0 aliphatic carbocycles. The molecule has 0 aromatic heterocycles. The number of amides is 1. The number of likely N-dealkylation sites (N-methyl/N-ethyl adjacent to an activating group) is 1. The van der Waals surface area contributed by atoms with Gasteiger partial charge in [0.25, 0.3) is 5.91 Å². The van der Waals surface area contributed by atoms with E-state index in [1.165, 1.54) is 7.05 Å². The van der Waals surface area contributed by atoms with Gasteiger partial charge in [0.05, 0.1) is 10.2 Å². The maximum absolute atomic E-state index is 11.4. The van der Waals surface area contributed by atoms with E-state index in [2.05, 4.69) is 27.9 Å². The summed E-state index contributed by atoms with van der Waals surface area (Å²) in [5.74, 6) is 0.412. The van der Waals surface area contributed by atoms with Crippen molar-refractivity contribution in [3.8, 4) is 11.8 Å². The number of benzene rings is 1. The van der Waals surface area contributed by atoms with Gasteiger partial charge in [-0.1, -0.05) is 6.07 Å². The van der Waals surface area contributed by atoms with E-state index in [0.717, 1.165) is 14.9 Å². The second-order valence-electron chi connectivity index (χ2n) is 3.37. The van der Waals surface area contributed by atoms with E-state index in [9.17, 15) is 4.79 Å². The largest absolute Gasteiger partial charge is 0.493 e. The molecule has 0 saturated carbocycles. The van der Waals surface area contributed by atoms with E-state index in [1.54, 1.807) is 6.08 Å². The molecule has 1 rings (SSSR count). The smallest absolute Gasteiger partial charge is 0.261 e. The fourth-order valence-electron chi connectivity index (χ4n) is 1.33. The summed E-state index contributed by atoms with van der Waals surface area (Å²) in [4.78, 5) is 11.4. The van der Waals surface area contributed by atoms with Crippen LogP contribution in [0.15, 0.2) is 23.8 Å². The predicted molar refractivity (Wildman–Crippen MR) is 78.0 cm³/mol. The van der Waals surface area contributed by atoms with Crippen molar-refractivity contribution in [2.45, 2.75) is 6.92 Å². The molecule has 0 spiro atoms. The molecule has 94 valence electrons. The molecule has 1 amide bonds. The molecule has 0 saturated heterocycles. The van der Waals surface area contributed by atoms with Crippen molar-refractivity contribution in [3.63, 3.8) is 0 Å². The second-order valence-corrected chi connectivity index (χ2v) is 4.53. The number of ether oxygens (including phenoxy) is 1. The summed E-state index contributed by atoms with van der Waals surface area (Å²) in [6, 6.07) is 7.38. The second kappa shape index (κ2) is 7.01. The zero-order valence-electron chi connectivity index (χ0n) is 10.2. The topological polar surface area (TPSA) is 62.1 Å². The van der Waals surface area contributed by atoms with Crippen molar-refractivity contribution in [2.75, 3.05) is 13.7 Å². The normalized spacial score (nSPS) is 10.7. The molecule has 0 heterocycles. The van der Waals surface area contributed by atoms with Crippen LogP contribution < -0.4 is 10.1 Å². The number of hydrogen-bond donors (Lipinski definition) is 1. The van der Waals surface area contributed by atoms with Gasteiger partial charge < -0.3 is 10.1 Å². The molecule has 5 heteroatoms. The average molecular weight is 356 g/mol. The van der Waals surface area contributed by atoms with Gasteiger partial charge in [-0.3, -0.25) is 4.79 Å². The molecule has 0 aliphatic heterocycles. The Bertz CT molecular complexity index is 518. The van der Waals surface area contributed by atoms with Gasteiger partial charge in [-0.25, -0.2) is 0 Å². The van der Waals surface area contributed by atoms with Crippen LogP contribution in [-0.4, -0.2) is 19.6 Å². The first-order chi connectivity index (χ1) is 8.62. The Morgan fingerprint density at radius 3 is 2.83 bits per heavy atom. The first kappa shape index (κ1) is 14.5. The summed E-state index contributed by atoms with van der Waals surface area (Å²) < 4.78 is 6.36. The minimum absolute atomic E-state index is 0.0810. The molecular weight excluding hydrogens is 343 g/mol. The fourth-order valence-corrected chi connectivity index (χ4v) is 2.02. The lowest BCUT2D eigenvalue weighted by atomic mass is 10.1. The molecule has 0 unspecified atom stereocenters. The van der Waals surface area contributed by atoms with E-state index in [-0.39, 0.29) is 11.5 Å². The first-order valence-corrected chi connectivity index (χ1v) is 6.46.